The normalized spacial score (nSPS) is 9.12. The maximum atomic E-state index is 13.4. The number of ether oxygens (including phenoxy) is 2. The summed E-state index contributed by atoms with van der Waals surface area (Å²) in [4.78, 5) is 26.2. The third kappa shape index (κ3) is 13.3. The fourth-order valence-electron chi connectivity index (χ4n) is 3.46. The Morgan fingerprint density at radius 1 is 0.800 bits per heavy atom. The van der Waals surface area contributed by atoms with Gasteiger partial charge in [0.05, 0.1) is 33.6 Å². The molecule has 3 rings (SSSR count). The Balaban J connectivity index is 0. The Hall–Kier alpha value is -3.85. The molecule has 0 aliphatic rings. The largest absolute Gasteiger partial charge is 0.497 e. The maximum Gasteiger partial charge on any atom is 0.331 e. The highest BCUT2D eigenvalue weighted by molar-refractivity contribution is 5.46. The van der Waals surface area contributed by atoms with Gasteiger partial charge in [-0.25, -0.2) is 4.79 Å². The third-order valence-electron chi connectivity index (χ3n) is 5.22. The first-order valence-electron chi connectivity index (χ1n) is 13.9. The van der Waals surface area contributed by atoms with Gasteiger partial charge in [0.25, 0.3) is 5.56 Å². The van der Waals surface area contributed by atoms with Gasteiger partial charge in [-0.05, 0) is 61.8 Å². The van der Waals surface area contributed by atoms with Crippen LogP contribution >= 0.6 is 0 Å². The number of aromatic nitrogens is 2. The molecule has 3 aromatic rings. The topological polar surface area (TPSA) is 124 Å². The van der Waals surface area contributed by atoms with Crippen molar-refractivity contribution in [1.29, 1.82) is 5.41 Å². The van der Waals surface area contributed by atoms with Crippen LogP contribution in [0.25, 0.3) is 0 Å². The highest BCUT2D eigenvalue weighted by Gasteiger charge is 2.13. The van der Waals surface area contributed by atoms with Gasteiger partial charge in [0.15, 0.2) is 0 Å². The molecule has 0 spiro atoms. The quantitative estimate of drug-likeness (QED) is 0.185. The summed E-state index contributed by atoms with van der Waals surface area (Å²) in [7, 11) is 5.11. The molecule has 1 heterocycles. The van der Waals surface area contributed by atoms with Gasteiger partial charge in [-0.2, -0.15) is 0 Å². The molecule has 1 aromatic heterocycles. The average Bonchev–Trinajstić information content (AvgIpc) is 3.01. The molecule has 0 unspecified atom stereocenters. The Morgan fingerprint density at radius 3 is 1.57 bits per heavy atom. The molecule has 0 saturated heterocycles. The summed E-state index contributed by atoms with van der Waals surface area (Å²) in [6.07, 6.45) is 2.23. The summed E-state index contributed by atoms with van der Waals surface area (Å²) in [6.45, 7) is 13.4. The van der Waals surface area contributed by atoms with E-state index in [1.165, 1.54) is 4.57 Å². The van der Waals surface area contributed by atoms with Gasteiger partial charge in [-0.1, -0.05) is 65.8 Å². The second kappa shape index (κ2) is 24.2. The van der Waals surface area contributed by atoms with Gasteiger partial charge in [0.2, 0.25) is 0 Å². The molecule has 224 valence electrons. The van der Waals surface area contributed by atoms with Crippen LogP contribution in [-0.4, -0.2) is 43.3 Å². The number of benzene rings is 2. The first kappa shape index (κ1) is 38.3. The molecule has 2 aromatic carbocycles. The van der Waals surface area contributed by atoms with E-state index in [1.807, 2.05) is 97.1 Å². The van der Waals surface area contributed by atoms with Crippen molar-refractivity contribution in [2.75, 3.05) is 27.8 Å². The van der Waals surface area contributed by atoms with Crippen molar-refractivity contribution in [2.24, 2.45) is 5.73 Å². The summed E-state index contributed by atoms with van der Waals surface area (Å²) in [5.74, 6) is 1.49. The van der Waals surface area contributed by atoms with Crippen molar-refractivity contribution < 1.29 is 9.47 Å². The molecule has 0 radical (unpaired) electrons. The Morgan fingerprint density at radius 2 is 1.20 bits per heavy atom. The Kier molecular flexibility index (Phi) is 23.2. The summed E-state index contributed by atoms with van der Waals surface area (Å²) >= 11 is 0. The highest BCUT2D eigenvalue weighted by atomic mass is 16.5. The van der Waals surface area contributed by atoms with Gasteiger partial charge in [0, 0.05) is 11.8 Å². The number of methoxy groups -OCH3 is 2. The van der Waals surface area contributed by atoms with E-state index in [9.17, 15) is 9.59 Å². The van der Waals surface area contributed by atoms with Crippen molar-refractivity contribution in [2.45, 2.75) is 67.5 Å². The standard InChI is InChI=1S/C24H29N3O4.3C2H6.CH4N2/c1-25-14-4-5-20-15-23(28)27(17-19-8-12-22(31-3)13-9-19)24(29)26(20)16-18-6-10-21(30-2)11-7-18;3*1-2;2-1-3/h6-13,15,25H,4-5,14,16-17H2,1-3H3;3*1-2H3;1H,(H3,2,3). The van der Waals surface area contributed by atoms with Crippen molar-refractivity contribution in [3.63, 3.8) is 0 Å². The van der Waals surface area contributed by atoms with Crippen LogP contribution < -0.4 is 31.8 Å². The molecular formula is C31H51N5O4. The minimum absolute atomic E-state index is 0.209. The number of aryl methyl sites for hydroxylation is 1. The SMILES string of the molecule is CC.CC.CC.CNCCCc1cc(=O)n(Cc2ccc(OC)cc2)c(=O)n1Cc1ccc(OC)cc1.N=CN. The predicted molar refractivity (Wildman–Crippen MR) is 168 cm³/mol. The fraction of sp³-hybridized carbons (Fsp3) is 0.452. The van der Waals surface area contributed by atoms with Crippen LogP contribution in [0.1, 0.15) is 64.8 Å². The van der Waals surface area contributed by atoms with Crippen molar-refractivity contribution in [3.05, 3.63) is 92.3 Å². The molecule has 0 fully saturated rings. The molecule has 40 heavy (non-hydrogen) atoms. The number of nitrogens with zero attached hydrogens (tertiary/aromatic N) is 2. The number of nitrogens with one attached hydrogen (secondary N) is 2. The van der Waals surface area contributed by atoms with Gasteiger partial charge < -0.3 is 20.5 Å². The lowest BCUT2D eigenvalue weighted by Crippen LogP contribution is -2.41. The van der Waals surface area contributed by atoms with Gasteiger partial charge in [-0.15, -0.1) is 0 Å². The summed E-state index contributed by atoms with van der Waals surface area (Å²) in [5, 5.41) is 8.97. The van der Waals surface area contributed by atoms with E-state index in [2.05, 4.69) is 11.1 Å². The van der Waals surface area contributed by atoms with Crippen LogP contribution in [0.4, 0.5) is 0 Å². The molecule has 4 N–H and O–H groups in total. The smallest absolute Gasteiger partial charge is 0.331 e. The molecule has 0 saturated carbocycles. The first-order chi connectivity index (χ1) is 19.5. The molecular weight excluding hydrogens is 506 g/mol. The lowest BCUT2D eigenvalue weighted by atomic mass is 10.1. The van der Waals surface area contributed by atoms with Crippen LogP contribution in [0, 0.1) is 5.41 Å². The van der Waals surface area contributed by atoms with E-state index in [-0.39, 0.29) is 17.8 Å². The third-order valence-corrected chi connectivity index (χ3v) is 5.22. The average molecular weight is 558 g/mol. The second-order valence-corrected chi connectivity index (χ2v) is 7.50. The van der Waals surface area contributed by atoms with E-state index < -0.39 is 0 Å². The monoisotopic (exact) mass is 557 g/mol. The van der Waals surface area contributed by atoms with Crippen LogP contribution in [0.15, 0.2) is 64.2 Å². The molecule has 0 aliphatic heterocycles. The van der Waals surface area contributed by atoms with Crippen LogP contribution in [-0.2, 0) is 19.5 Å². The predicted octanol–water partition coefficient (Wildman–Crippen LogP) is 4.91. The van der Waals surface area contributed by atoms with Gasteiger partial charge >= 0.3 is 5.69 Å². The first-order valence-corrected chi connectivity index (χ1v) is 13.9. The van der Waals surface area contributed by atoms with Crippen LogP contribution in [0.5, 0.6) is 11.5 Å². The summed E-state index contributed by atoms with van der Waals surface area (Å²) in [5.41, 5.74) is 6.36. The Labute approximate surface area is 240 Å². The van der Waals surface area contributed by atoms with Crippen LogP contribution in [0.2, 0.25) is 0 Å². The zero-order chi connectivity index (χ0) is 30.9. The van der Waals surface area contributed by atoms with Crippen molar-refractivity contribution in [3.8, 4) is 11.5 Å². The van der Waals surface area contributed by atoms with E-state index in [0.29, 0.717) is 13.0 Å². The number of rotatable bonds is 10. The molecule has 0 aliphatic carbocycles. The summed E-state index contributed by atoms with van der Waals surface area (Å²) in [6, 6.07) is 16.6. The summed E-state index contributed by atoms with van der Waals surface area (Å²) < 4.78 is 13.4. The molecule has 0 amide bonds. The zero-order valence-corrected chi connectivity index (χ0v) is 25.9. The van der Waals surface area contributed by atoms with E-state index in [0.717, 1.165) is 47.6 Å². The van der Waals surface area contributed by atoms with Gasteiger partial charge in [0.1, 0.15) is 11.5 Å². The maximum absolute atomic E-state index is 13.4. The number of hydrogen-bond acceptors (Lipinski definition) is 6. The van der Waals surface area contributed by atoms with Crippen molar-refractivity contribution >= 4 is 6.34 Å². The van der Waals surface area contributed by atoms with Gasteiger partial charge in [-0.3, -0.25) is 19.3 Å². The minimum Gasteiger partial charge on any atom is -0.497 e. The second-order valence-electron chi connectivity index (χ2n) is 7.50. The van der Waals surface area contributed by atoms with E-state index in [1.54, 1.807) is 24.9 Å². The lowest BCUT2D eigenvalue weighted by molar-refractivity contribution is 0.414. The van der Waals surface area contributed by atoms with E-state index in [4.69, 9.17) is 14.9 Å². The number of nitrogens with two attached hydrogens (primary N) is 1. The number of hydrogen-bond donors (Lipinski definition) is 3. The zero-order valence-electron chi connectivity index (χ0n) is 25.9. The van der Waals surface area contributed by atoms with E-state index >= 15 is 0 Å². The molecule has 0 bridgehead atoms. The highest BCUT2D eigenvalue weighted by Crippen LogP contribution is 2.14. The van der Waals surface area contributed by atoms with Crippen LogP contribution in [0.3, 0.4) is 0 Å². The lowest BCUT2D eigenvalue weighted by Gasteiger charge is -2.16. The minimum atomic E-state index is -0.307. The molecule has 9 nitrogen and oxygen atoms in total. The molecule has 9 heteroatoms. The fourth-order valence-corrected chi connectivity index (χ4v) is 3.46. The molecule has 0 atom stereocenters. The van der Waals surface area contributed by atoms with Crippen molar-refractivity contribution in [1.82, 2.24) is 14.5 Å². The Bertz CT molecular complexity index is 1150.